The lowest BCUT2D eigenvalue weighted by molar-refractivity contribution is 0.316. The average Bonchev–Trinajstić information content (AvgIpc) is 2.54. The maximum Gasteiger partial charge on any atom is 0.153 e. The van der Waals surface area contributed by atoms with E-state index in [1.165, 1.54) is 5.56 Å². The highest BCUT2D eigenvalue weighted by molar-refractivity contribution is 5.89. The molecule has 0 fully saturated rings. The number of hydrogen-bond donors (Lipinski definition) is 1. The molecule has 3 rings (SSSR count). The van der Waals surface area contributed by atoms with E-state index in [1.54, 1.807) is 6.20 Å². The molecular weight excluding hydrogens is 260 g/mol. The number of rotatable bonds is 5. The molecule has 2 aromatic carbocycles. The van der Waals surface area contributed by atoms with Gasteiger partial charge in [-0.15, -0.1) is 0 Å². The molecule has 106 valence electrons. The number of ether oxygens (including phenoxy) is 1. The van der Waals surface area contributed by atoms with E-state index < -0.39 is 0 Å². The van der Waals surface area contributed by atoms with Crippen LogP contribution in [0.5, 0.6) is 5.75 Å². The second kappa shape index (κ2) is 6.27. The minimum Gasteiger partial charge on any atom is -0.491 e. The van der Waals surface area contributed by atoms with E-state index in [9.17, 15) is 0 Å². The van der Waals surface area contributed by atoms with E-state index in [2.05, 4.69) is 29.2 Å². The zero-order chi connectivity index (χ0) is 14.5. The first-order valence-electron chi connectivity index (χ1n) is 7.14. The van der Waals surface area contributed by atoms with Gasteiger partial charge in [0.05, 0.1) is 24.0 Å². The Hall–Kier alpha value is -2.55. The molecule has 0 saturated carbocycles. The second-order valence-electron chi connectivity index (χ2n) is 5.00. The summed E-state index contributed by atoms with van der Waals surface area (Å²) in [4.78, 5) is 4.31. The number of aromatic nitrogens is 1. The predicted octanol–water partition coefficient (Wildman–Crippen LogP) is 3.83. The Balaban J connectivity index is 1.67. The monoisotopic (exact) mass is 278 g/mol. The number of pyridine rings is 1. The first-order valence-corrected chi connectivity index (χ1v) is 7.14. The van der Waals surface area contributed by atoms with Crippen LogP contribution in [0.4, 0.5) is 5.69 Å². The van der Waals surface area contributed by atoms with Crippen LogP contribution in [-0.4, -0.2) is 11.6 Å². The molecule has 0 aliphatic carbocycles. The molecule has 0 unspecified atom stereocenters. The van der Waals surface area contributed by atoms with Gasteiger partial charge in [-0.1, -0.05) is 42.5 Å². The van der Waals surface area contributed by atoms with Crippen LogP contribution in [0.2, 0.25) is 0 Å². The molecule has 3 aromatic rings. The van der Waals surface area contributed by atoms with Crippen molar-refractivity contribution in [1.29, 1.82) is 0 Å². The largest absolute Gasteiger partial charge is 0.491 e. The van der Waals surface area contributed by atoms with Crippen molar-refractivity contribution in [3.8, 4) is 5.75 Å². The minimum atomic E-state index is 0.591. The van der Waals surface area contributed by atoms with E-state index in [0.29, 0.717) is 12.3 Å². The van der Waals surface area contributed by atoms with Crippen LogP contribution < -0.4 is 10.5 Å². The molecular formula is C18H18N2O. The summed E-state index contributed by atoms with van der Waals surface area (Å²) in [6.45, 7) is 0.646. The van der Waals surface area contributed by atoms with E-state index in [-0.39, 0.29) is 0 Å². The van der Waals surface area contributed by atoms with Gasteiger partial charge in [-0.2, -0.15) is 0 Å². The van der Waals surface area contributed by atoms with E-state index in [4.69, 9.17) is 10.5 Å². The smallest absolute Gasteiger partial charge is 0.153 e. The SMILES string of the molecule is Nc1cnc2ccccc2c1OCCCc1ccccc1. The van der Waals surface area contributed by atoms with E-state index in [0.717, 1.165) is 29.5 Å². The van der Waals surface area contributed by atoms with Crippen molar-refractivity contribution in [1.82, 2.24) is 4.98 Å². The van der Waals surface area contributed by atoms with Crippen LogP contribution in [-0.2, 0) is 6.42 Å². The third-order valence-electron chi connectivity index (χ3n) is 3.45. The van der Waals surface area contributed by atoms with Crippen LogP contribution in [0.3, 0.4) is 0 Å². The van der Waals surface area contributed by atoms with Crippen molar-refractivity contribution in [2.75, 3.05) is 12.3 Å². The quantitative estimate of drug-likeness (QED) is 0.722. The number of nitrogen functional groups attached to an aromatic ring is 1. The minimum absolute atomic E-state index is 0.591. The molecule has 2 N–H and O–H groups in total. The molecule has 3 heteroatoms. The predicted molar refractivity (Wildman–Crippen MR) is 86.4 cm³/mol. The van der Waals surface area contributed by atoms with Crippen LogP contribution >= 0.6 is 0 Å². The van der Waals surface area contributed by atoms with Crippen molar-refractivity contribution in [3.05, 3.63) is 66.4 Å². The molecule has 0 spiro atoms. The van der Waals surface area contributed by atoms with Crippen molar-refractivity contribution >= 4 is 16.6 Å². The lowest BCUT2D eigenvalue weighted by atomic mass is 10.1. The van der Waals surface area contributed by atoms with Gasteiger partial charge in [-0.05, 0) is 30.5 Å². The number of nitrogens with zero attached hydrogens (tertiary/aromatic N) is 1. The van der Waals surface area contributed by atoms with Crippen molar-refractivity contribution in [2.45, 2.75) is 12.8 Å². The third kappa shape index (κ3) is 3.14. The molecule has 0 bridgehead atoms. The fourth-order valence-electron chi connectivity index (χ4n) is 2.39. The normalized spacial score (nSPS) is 10.7. The lowest BCUT2D eigenvalue weighted by Crippen LogP contribution is -2.03. The van der Waals surface area contributed by atoms with Crippen LogP contribution in [0.1, 0.15) is 12.0 Å². The summed E-state index contributed by atoms with van der Waals surface area (Å²) >= 11 is 0. The Morgan fingerprint density at radius 1 is 0.952 bits per heavy atom. The van der Waals surface area contributed by atoms with Crippen LogP contribution in [0.15, 0.2) is 60.8 Å². The highest BCUT2D eigenvalue weighted by Crippen LogP contribution is 2.30. The van der Waals surface area contributed by atoms with Gasteiger partial charge in [0.1, 0.15) is 0 Å². The fourth-order valence-corrected chi connectivity index (χ4v) is 2.39. The Morgan fingerprint density at radius 2 is 1.71 bits per heavy atom. The molecule has 1 heterocycles. The van der Waals surface area contributed by atoms with E-state index >= 15 is 0 Å². The first-order chi connectivity index (χ1) is 10.3. The molecule has 0 aliphatic rings. The van der Waals surface area contributed by atoms with Gasteiger partial charge in [-0.25, -0.2) is 0 Å². The topological polar surface area (TPSA) is 48.1 Å². The van der Waals surface area contributed by atoms with E-state index in [1.807, 2.05) is 30.3 Å². The number of fused-ring (bicyclic) bond motifs is 1. The standard InChI is InChI=1S/C18H18N2O/c19-16-13-20-17-11-5-4-10-15(17)18(16)21-12-6-9-14-7-2-1-3-8-14/h1-5,7-8,10-11,13H,6,9,12,19H2. The van der Waals surface area contributed by atoms with Gasteiger partial charge in [0.25, 0.3) is 0 Å². The van der Waals surface area contributed by atoms with Gasteiger partial charge >= 0.3 is 0 Å². The number of para-hydroxylation sites is 1. The molecule has 0 saturated heterocycles. The van der Waals surface area contributed by atoms with Crippen molar-refractivity contribution < 1.29 is 4.74 Å². The third-order valence-corrected chi connectivity index (χ3v) is 3.45. The van der Waals surface area contributed by atoms with Crippen molar-refractivity contribution in [2.24, 2.45) is 0 Å². The molecule has 0 atom stereocenters. The zero-order valence-electron chi connectivity index (χ0n) is 11.8. The maximum absolute atomic E-state index is 5.99. The Labute approximate surface area is 124 Å². The molecule has 21 heavy (non-hydrogen) atoms. The summed E-state index contributed by atoms with van der Waals surface area (Å²) in [5, 5.41) is 0.970. The molecule has 1 aromatic heterocycles. The molecule has 0 radical (unpaired) electrons. The molecule has 3 nitrogen and oxygen atoms in total. The maximum atomic E-state index is 5.99. The number of nitrogens with two attached hydrogens (primary N) is 1. The summed E-state index contributed by atoms with van der Waals surface area (Å²) in [6, 6.07) is 18.3. The molecule has 0 amide bonds. The van der Waals surface area contributed by atoms with Crippen molar-refractivity contribution in [3.63, 3.8) is 0 Å². The van der Waals surface area contributed by atoms with Crippen LogP contribution in [0, 0.1) is 0 Å². The zero-order valence-corrected chi connectivity index (χ0v) is 11.8. The summed E-state index contributed by atoms with van der Waals surface area (Å²) < 4.78 is 5.91. The summed E-state index contributed by atoms with van der Waals surface area (Å²) in [5.41, 5.74) is 8.82. The highest BCUT2D eigenvalue weighted by Gasteiger charge is 2.07. The number of aryl methyl sites for hydroxylation is 1. The van der Waals surface area contributed by atoms with Gasteiger partial charge in [-0.3, -0.25) is 4.98 Å². The second-order valence-corrected chi connectivity index (χ2v) is 5.00. The van der Waals surface area contributed by atoms with Gasteiger partial charge < -0.3 is 10.5 Å². The summed E-state index contributed by atoms with van der Waals surface area (Å²) in [5.74, 6) is 0.744. The number of anilines is 1. The summed E-state index contributed by atoms with van der Waals surface area (Å²) in [6.07, 6.45) is 3.62. The van der Waals surface area contributed by atoms with Gasteiger partial charge in [0, 0.05) is 5.39 Å². The van der Waals surface area contributed by atoms with Gasteiger partial charge in [0.15, 0.2) is 5.75 Å². The number of hydrogen-bond acceptors (Lipinski definition) is 3. The van der Waals surface area contributed by atoms with Crippen LogP contribution in [0.25, 0.3) is 10.9 Å². The molecule has 0 aliphatic heterocycles. The Morgan fingerprint density at radius 3 is 2.57 bits per heavy atom. The highest BCUT2D eigenvalue weighted by atomic mass is 16.5. The lowest BCUT2D eigenvalue weighted by Gasteiger charge is -2.11. The Bertz CT molecular complexity index is 726. The van der Waals surface area contributed by atoms with Gasteiger partial charge in [0.2, 0.25) is 0 Å². The Kier molecular flexibility index (Phi) is 4.01. The number of benzene rings is 2. The average molecular weight is 278 g/mol. The fraction of sp³-hybridized carbons (Fsp3) is 0.167. The summed E-state index contributed by atoms with van der Waals surface area (Å²) in [7, 11) is 0. The first kappa shape index (κ1) is 13.4.